The molecule has 2 aromatic rings. The highest BCUT2D eigenvalue weighted by molar-refractivity contribution is 7.11. The fourth-order valence-electron chi connectivity index (χ4n) is 3.55. The van der Waals surface area contributed by atoms with Gasteiger partial charge in [-0.1, -0.05) is 12.1 Å². The number of ether oxygens (including phenoxy) is 1. The Kier molecular flexibility index (Phi) is 4.03. The van der Waals surface area contributed by atoms with Crippen molar-refractivity contribution in [2.75, 3.05) is 19.6 Å². The number of thiophene rings is 2. The van der Waals surface area contributed by atoms with Gasteiger partial charge in [0.15, 0.2) is 0 Å². The lowest BCUT2D eigenvalue weighted by Crippen LogP contribution is -2.52. The molecule has 5 rings (SSSR count). The van der Waals surface area contributed by atoms with Crippen LogP contribution in [-0.2, 0) is 9.53 Å². The molecule has 5 heterocycles. The van der Waals surface area contributed by atoms with E-state index in [9.17, 15) is 4.79 Å². The van der Waals surface area contributed by atoms with Gasteiger partial charge in [0.2, 0.25) is 0 Å². The van der Waals surface area contributed by atoms with Gasteiger partial charge in [0.05, 0.1) is 0 Å². The molecule has 0 spiro atoms. The fraction of sp³-hybridized carbons (Fsp3) is 0.471. The molecule has 3 aliphatic heterocycles. The van der Waals surface area contributed by atoms with Gasteiger partial charge in [0.25, 0.3) is 0 Å². The van der Waals surface area contributed by atoms with Crippen LogP contribution in [0.5, 0.6) is 0 Å². The first kappa shape index (κ1) is 14.4. The number of carbonyl (C=O) groups excluding carboxylic acids is 1. The number of fused-ring (bicyclic) bond motifs is 3. The van der Waals surface area contributed by atoms with E-state index in [2.05, 4.69) is 4.90 Å². The molecule has 2 bridgehead atoms. The largest absolute Gasteiger partial charge is 0.460 e. The fourth-order valence-corrected chi connectivity index (χ4v) is 5.28. The van der Waals surface area contributed by atoms with Crippen LogP contribution in [0, 0.1) is 5.92 Å². The Morgan fingerprint density at radius 3 is 2.23 bits per heavy atom. The average Bonchev–Trinajstić information content (AvgIpc) is 3.23. The highest BCUT2D eigenvalue weighted by atomic mass is 32.1. The monoisotopic (exact) mass is 333 g/mol. The second kappa shape index (κ2) is 6.14. The van der Waals surface area contributed by atoms with Crippen molar-refractivity contribution >= 4 is 28.6 Å². The molecule has 0 N–H and O–H groups in total. The molecule has 22 heavy (non-hydrogen) atoms. The Morgan fingerprint density at radius 1 is 1.14 bits per heavy atom. The summed E-state index contributed by atoms with van der Waals surface area (Å²) < 4.78 is 5.97. The van der Waals surface area contributed by atoms with Gasteiger partial charge in [-0.25, -0.2) is 0 Å². The summed E-state index contributed by atoms with van der Waals surface area (Å²) in [7, 11) is 0. The molecule has 0 amide bonds. The van der Waals surface area contributed by atoms with Crippen LogP contribution in [-0.4, -0.2) is 36.6 Å². The lowest BCUT2D eigenvalue weighted by molar-refractivity contribution is -0.159. The Bertz CT molecular complexity index is 581. The second-order valence-corrected chi connectivity index (χ2v) is 8.04. The van der Waals surface area contributed by atoms with E-state index in [0.717, 1.165) is 29.4 Å². The summed E-state index contributed by atoms with van der Waals surface area (Å²) in [6, 6.07) is 8.07. The Balaban J connectivity index is 1.54. The van der Waals surface area contributed by atoms with Crippen LogP contribution in [0.4, 0.5) is 0 Å². The van der Waals surface area contributed by atoms with Gasteiger partial charge < -0.3 is 4.74 Å². The van der Waals surface area contributed by atoms with E-state index in [-0.39, 0.29) is 18.0 Å². The first-order valence-electron chi connectivity index (χ1n) is 7.81. The molecular formula is C17H19NO2S2. The summed E-state index contributed by atoms with van der Waals surface area (Å²) in [5.74, 6) is 0.223. The molecule has 5 heteroatoms. The third kappa shape index (κ3) is 2.73. The number of rotatable bonds is 4. The maximum Gasteiger partial charge on any atom is 0.319 e. The van der Waals surface area contributed by atoms with Crippen LogP contribution in [0.3, 0.4) is 0 Å². The Labute approximate surface area is 138 Å². The summed E-state index contributed by atoms with van der Waals surface area (Å²) in [5, 5.41) is 4.05. The van der Waals surface area contributed by atoms with Crippen molar-refractivity contribution in [3.63, 3.8) is 0 Å². The first-order chi connectivity index (χ1) is 10.8. The molecule has 0 unspecified atom stereocenters. The zero-order chi connectivity index (χ0) is 14.9. The molecule has 0 aliphatic carbocycles. The molecule has 3 nitrogen and oxygen atoms in total. The van der Waals surface area contributed by atoms with Crippen molar-refractivity contribution in [2.45, 2.75) is 24.9 Å². The second-order valence-electron chi connectivity index (χ2n) is 6.08. The molecule has 0 aromatic carbocycles. The van der Waals surface area contributed by atoms with Gasteiger partial charge in [-0.05, 0) is 54.7 Å². The van der Waals surface area contributed by atoms with Crippen LogP contribution >= 0.6 is 22.7 Å². The number of nitrogens with zero attached hydrogens (tertiary/aromatic N) is 1. The van der Waals surface area contributed by atoms with Crippen molar-refractivity contribution in [2.24, 2.45) is 5.92 Å². The maximum absolute atomic E-state index is 12.9. The first-order valence-corrected chi connectivity index (χ1v) is 9.57. The molecule has 116 valence electrons. The minimum atomic E-state index is -0.254. The van der Waals surface area contributed by atoms with Crippen molar-refractivity contribution < 1.29 is 9.53 Å². The zero-order valence-electron chi connectivity index (χ0n) is 12.3. The van der Waals surface area contributed by atoms with E-state index in [4.69, 9.17) is 4.74 Å². The molecule has 1 atom stereocenters. The van der Waals surface area contributed by atoms with Crippen molar-refractivity contribution in [1.82, 2.24) is 4.90 Å². The molecular weight excluding hydrogens is 314 g/mol. The zero-order valence-corrected chi connectivity index (χ0v) is 13.9. The van der Waals surface area contributed by atoms with Gasteiger partial charge >= 0.3 is 5.97 Å². The topological polar surface area (TPSA) is 29.5 Å². The van der Waals surface area contributed by atoms with E-state index in [0.29, 0.717) is 5.92 Å². The van der Waals surface area contributed by atoms with Gasteiger partial charge in [0.1, 0.15) is 12.0 Å². The minimum Gasteiger partial charge on any atom is -0.460 e. The predicted molar refractivity (Wildman–Crippen MR) is 89.5 cm³/mol. The van der Waals surface area contributed by atoms with Gasteiger partial charge in [-0.15, -0.1) is 22.7 Å². The summed E-state index contributed by atoms with van der Waals surface area (Å²) in [4.78, 5) is 17.4. The number of esters is 1. The number of hydrogen-bond donors (Lipinski definition) is 0. The van der Waals surface area contributed by atoms with Crippen molar-refractivity contribution in [3.05, 3.63) is 44.8 Å². The summed E-state index contributed by atoms with van der Waals surface area (Å²) in [6.45, 7) is 3.24. The summed E-state index contributed by atoms with van der Waals surface area (Å²) in [6.07, 6.45) is 2.42. The van der Waals surface area contributed by atoms with Crippen LogP contribution < -0.4 is 0 Å². The number of piperidine rings is 3. The van der Waals surface area contributed by atoms with Crippen LogP contribution in [0.25, 0.3) is 0 Å². The summed E-state index contributed by atoms with van der Waals surface area (Å²) >= 11 is 3.26. The number of carbonyl (C=O) groups is 1. The lowest BCUT2D eigenvalue weighted by Gasteiger charge is -2.44. The van der Waals surface area contributed by atoms with Crippen LogP contribution in [0.15, 0.2) is 35.0 Å². The maximum atomic E-state index is 12.9. The minimum absolute atomic E-state index is 0.0800. The van der Waals surface area contributed by atoms with Gasteiger partial charge in [-0.3, -0.25) is 9.69 Å². The average molecular weight is 333 g/mol. The molecule has 3 aliphatic rings. The van der Waals surface area contributed by atoms with Crippen LogP contribution in [0.2, 0.25) is 0 Å². The van der Waals surface area contributed by atoms with Gasteiger partial charge in [-0.2, -0.15) is 0 Å². The van der Waals surface area contributed by atoms with Crippen molar-refractivity contribution in [3.8, 4) is 0 Å². The molecule has 3 fully saturated rings. The van der Waals surface area contributed by atoms with Crippen molar-refractivity contribution in [1.29, 1.82) is 0 Å². The SMILES string of the molecule is O=C(O[C@H]1CN2CCC1CC2)C(c1cccs1)c1cccs1. The Morgan fingerprint density at radius 2 is 1.77 bits per heavy atom. The van der Waals surface area contributed by atoms with E-state index >= 15 is 0 Å². The smallest absolute Gasteiger partial charge is 0.319 e. The standard InChI is InChI=1S/C17H19NO2S2/c19-17(20-13-11-18-7-5-12(13)6-8-18)16(14-3-1-9-21-14)15-4-2-10-22-15/h1-4,9-10,12-13,16H,5-8,11H2/t13-/m0/s1. The van der Waals surface area contributed by atoms with E-state index in [1.54, 1.807) is 22.7 Å². The van der Waals surface area contributed by atoms with E-state index < -0.39 is 0 Å². The molecule has 0 radical (unpaired) electrons. The van der Waals surface area contributed by atoms with E-state index in [1.807, 2.05) is 35.0 Å². The molecule has 2 aromatic heterocycles. The highest BCUT2D eigenvalue weighted by Crippen LogP contribution is 2.35. The predicted octanol–water partition coefficient (Wildman–Crippen LogP) is 3.58. The Hall–Kier alpha value is -1.17. The van der Waals surface area contributed by atoms with Crippen LogP contribution in [0.1, 0.15) is 28.5 Å². The molecule has 3 saturated heterocycles. The van der Waals surface area contributed by atoms with Gasteiger partial charge in [0, 0.05) is 16.3 Å². The number of hydrogen-bond acceptors (Lipinski definition) is 5. The third-order valence-electron chi connectivity index (χ3n) is 4.75. The quantitative estimate of drug-likeness (QED) is 0.801. The third-order valence-corrected chi connectivity index (χ3v) is 6.63. The highest BCUT2D eigenvalue weighted by Gasteiger charge is 2.38. The lowest BCUT2D eigenvalue weighted by atomic mass is 9.86. The molecule has 0 saturated carbocycles. The van der Waals surface area contributed by atoms with E-state index in [1.165, 1.54) is 12.8 Å². The normalized spacial score (nSPS) is 27.2. The summed E-state index contributed by atoms with van der Waals surface area (Å²) in [5.41, 5.74) is 0.